The van der Waals surface area contributed by atoms with Gasteiger partial charge in [-0.15, -0.1) is 0 Å². The minimum Gasteiger partial charge on any atom is -0.456 e. The number of hydrogen-bond acceptors (Lipinski definition) is 6. The van der Waals surface area contributed by atoms with Crippen LogP contribution in [0.4, 0.5) is 0 Å². The maximum atomic E-state index is 12.8. The first kappa shape index (κ1) is 23.3. The lowest BCUT2D eigenvalue weighted by Crippen LogP contribution is -2.42. The number of nitrogens with zero attached hydrogens (tertiary/aromatic N) is 1. The van der Waals surface area contributed by atoms with Crippen LogP contribution >= 0.6 is 0 Å². The SMILES string of the molecule is Cc1c(C)c(C)c(S(=O)(=O)NCCC(=O)OCC(=O)N2CCOCC2)c(C)c1C. The zero-order chi connectivity index (χ0) is 21.8. The number of carbonyl (C=O) groups excluding carboxylic acids is 2. The summed E-state index contributed by atoms with van der Waals surface area (Å²) in [5.74, 6) is -0.905. The highest BCUT2D eigenvalue weighted by Gasteiger charge is 2.24. The second-order valence-electron chi connectivity index (χ2n) is 7.26. The molecular formula is C20H30N2O6S. The van der Waals surface area contributed by atoms with Crippen molar-refractivity contribution in [3.8, 4) is 0 Å². The van der Waals surface area contributed by atoms with Gasteiger partial charge in [-0.2, -0.15) is 0 Å². The summed E-state index contributed by atoms with van der Waals surface area (Å²) in [6.45, 7) is 10.8. The second kappa shape index (κ2) is 9.69. The number of sulfonamides is 1. The number of carbonyl (C=O) groups is 2. The molecule has 1 aliphatic heterocycles. The minimum atomic E-state index is -3.77. The number of amides is 1. The molecule has 1 aliphatic rings. The molecule has 8 nitrogen and oxygen atoms in total. The molecule has 0 aromatic heterocycles. The van der Waals surface area contributed by atoms with E-state index in [1.807, 2.05) is 20.8 Å². The van der Waals surface area contributed by atoms with Crippen LogP contribution in [-0.4, -0.2) is 64.6 Å². The third-order valence-corrected chi connectivity index (χ3v) is 7.28. The van der Waals surface area contributed by atoms with E-state index in [0.29, 0.717) is 37.4 Å². The molecule has 1 aromatic rings. The van der Waals surface area contributed by atoms with Crippen molar-refractivity contribution in [2.45, 2.75) is 45.9 Å². The number of morpholine rings is 1. The molecule has 0 unspecified atom stereocenters. The molecule has 2 rings (SSSR count). The predicted octanol–water partition coefficient (Wildman–Crippen LogP) is 1.30. The van der Waals surface area contributed by atoms with Gasteiger partial charge in [-0.05, 0) is 62.4 Å². The van der Waals surface area contributed by atoms with Crippen molar-refractivity contribution in [3.63, 3.8) is 0 Å². The van der Waals surface area contributed by atoms with Crippen molar-refractivity contribution < 1.29 is 27.5 Å². The maximum absolute atomic E-state index is 12.8. The van der Waals surface area contributed by atoms with Crippen molar-refractivity contribution in [2.24, 2.45) is 0 Å². The van der Waals surface area contributed by atoms with Gasteiger partial charge in [0.05, 0.1) is 24.5 Å². The molecule has 0 aliphatic carbocycles. The fourth-order valence-corrected chi connectivity index (χ4v) is 4.97. The number of benzene rings is 1. The quantitative estimate of drug-likeness (QED) is 0.660. The summed E-state index contributed by atoms with van der Waals surface area (Å²) < 4.78 is 38.2. The van der Waals surface area contributed by atoms with Crippen LogP contribution in [0.15, 0.2) is 4.90 Å². The molecule has 1 amide bonds. The van der Waals surface area contributed by atoms with Gasteiger partial charge in [-0.25, -0.2) is 13.1 Å². The lowest BCUT2D eigenvalue weighted by Gasteiger charge is -2.26. The third-order valence-electron chi connectivity index (χ3n) is 5.54. The topological polar surface area (TPSA) is 102 Å². The van der Waals surface area contributed by atoms with Crippen LogP contribution < -0.4 is 4.72 Å². The molecule has 0 spiro atoms. The summed E-state index contributed by atoms with van der Waals surface area (Å²) in [7, 11) is -3.77. The molecule has 1 saturated heterocycles. The Morgan fingerprint density at radius 2 is 1.48 bits per heavy atom. The number of rotatable bonds is 7. The third kappa shape index (κ3) is 5.55. The summed E-state index contributed by atoms with van der Waals surface area (Å²) >= 11 is 0. The molecule has 1 aromatic carbocycles. The molecule has 9 heteroatoms. The summed E-state index contributed by atoms with van der Waals surface area (Å²) in [5.41, 5.74) is 4.37. The zero-order valence-corrected chi connectivity index (χ0v) is 18.6. The first-order valence-corrected chi connectivity index (χ1v) is 11.1. The van der Waals surface area contributed by atoms with E-state index >= 15 is 0 Å². The van der Waals surface area contributed by atoms with E-state index < -0.39 is 16.0 Å². The van der Waals surface area contributed by atoms with Crippen LogP contribution in [0, 0.1) is 34.6 Å². The van der Waals surface area contributed by atoms with E-state index in [9.17, 15) is 18.0 Å². The largest absolute Gasteiger partial charge is 0.456 e. The van der Waals surface area contributed by atoms with Crippen LogP contribution in [0.5, 0.6) is 0 Å². The minimum absolute atomic E-state index is 0.0994. The molecule has 1 heterocycles. The molecule has 0 atom stereocenters. The number of ether oxygens (including phenoxy) is 2. The normalized spacial score (nSPS) is 14.7. The van der Waals surface area contributed by atoms with Crippen LogP contribution in [0.3, 0.4) is 0 Å². The first-order chi connectivity index (χ1) is 13.6. The molecule has 0 bridgehead atoms. The summed E-state index contributed by atoms with van der Waals surface area (Å²) in [6.07, 6.45) is -0.155. The van der Waals surface area contributed by atoms with Gasteiger partial charge in [-0.1, -0.05) is 0 Å². The van der Waals surface area contributed by atoms with Crippen molar-refractivity contribution in [3.05, 3.63) is 27.8 Å². The highest BCUT2D eigenvalue weighted by Crippen LogP contribution is 2.29. The van der Waals surface area contributed by atoms with Crippen molar-refractivity contribution in [1.29, 1.82) is 0 Å². The van der Waals surface area contributed by atoms with Gasteiger partial charge in [0, 0.05) is 19.6 Å². The Balaban J connectivity index is 1.91. The number of esters is 1. The van der Waals surface area contributed by atoms with Crippen molar-refractivity contribution in [2.75, 3.05) is 39.5 Å². The average molecular weight is 427 g/mol. The molecule has 1 N–H and O–H groups in total. The Bertz CT molecular complexity index is 860. The summed E-state index contributed by atoms with van der Waals surface area (Å²) in [5, 5.41) is 0. The molecule has 0 saturated carbocycles. The fraction of sp³-hybridized carbons (Fsp3) is 0.600. The second-order valence-corrected chi connectivity index (χ2v) is 8.96. The van der Waals surface area contributed by atoms with Crippen molar-refractivity contribution in [1.82, 2.24) is 9.62 Å². The number of hydrogen-bond donors (Lipinski definition) is 1. The Kier molecular flexibility index (Phi) is 7.79. The molecule has 0 radical (unpaired) electrons. The summed E-state index contributed by atoms with van der Waals surface area (Å²) in [6, 6.07) is 0. The standard InChI is InChI=1S/C20H30N2O6S/c1-13-14(2)16(4)20(17(5)15(13)3)29(25,26)21-7-6-19(24)28-12-18(23)22-8-10-27-11-9-22/h21H,6-12H2,1-5H3. The smallest absolute Gasteiger partial charge is 0.307 e. The van der Waals surface area contributed by atoms with Crippen LogP contribution in [0.2, 0.25) is 0 Å². The van der Waals surface area contributed by atoms with E-state index in [2.05, 4.69) is 4.72 Å². The lowest BCUT2D eigenvalue weighted by molar-refractivity contribution is -0.153. The van der Waals surface area contributed by atoms with Crippen LogP contribution in [-0.2, 0) is 29.1 Å². The lowest BCUT2D eigenvalue weighted by atomic mass is 9.95. The van der Waals surface area contributed by atoms with Crippen molar-refractivity contribution >= 4 is 21.9 Å². The fourth-order valence-electron chi connectivity index (χ4n) is 3.35. The van der Waals surface area contributed by atoms with E-state index in [0.717, 1.165) is 16.7 Å². The molecule has 1 fully saturated rings. The van der Waals surface area contributed by atoms with E-state index in [1.54, 1.807) is 18.7 Å². The van der Waals surface area contributed by atoms with Gasteiger partial charge in [0.1, 0.15) is 0 Å². The Morgan fingerprint density at radius 3 is 2.03 bits per heavy atom. The predicted molar refractivity (Wildman–Crippen MR) is 108 cm³/mol. The average Bonchev–Trinajstić information content (AvgIpc) is 2.69. The molecule has 162 valence electrons. The van der Waals surface area contributed by atoms with E-state index in [1.165, 1.54) is 0 Å². The maximum Gasteiger partial charge on any atom is 0.307 e. The van der Waals surface area contributed by atoms with Gasteiger partial charge in [0.2, 0.25) is 10.0 Å². The van der Waals surface area contributed by atoms with Gasteiger partial charge in [0.15, 0.2) is 6.61 Å². The zero-order valence-electron chi connectivity index (χ0n) is 17.8. The molecular weight excluding hydrogens is 396 g/mol. The van der Waals surface area contributed by atoms with E-state index in [4.69, 9.17) is 9.47 Å². The highest BCUT2D eigenvalue weighted by atomic mass is 32.2. The Labute approximate surface area is 172 Å². The molecule has 29 heavy (non-hydrogen) atoms. The number of nitrogens with one attached hydrogen (secondary N) is 1. The summed E-state index contributed by atoms with van der Waals surface area (Å²) in [4.78, 5) is 25.7. The van der Waals surface area contributed by atoms with Crippen LogP contribution in [0.1, 0.15) is 34.2 Å². The van der Waals surface area contributed by atoms with E-state index in [-0.39, 0.29) is 30.4 Å². The van der Waals surface area contributed by atoms with Gasteiger partial charge in [-0.3, -0.25) is 9.59 Å². The van der Waals surface area contributed by atoms with Gasteiger partial charge < -0.3 is 14.4 Å². The van der Waals surface area contributed by atoms with Gasteiger partial charge in [0.25, 0.3) is 5.91 Å². The Morgan fingerprint density at radius 1 is 0.966 bits per heavy atom. The monoisotopic (exact) mass is 426 g/mol. The van der Waals surface area contributed by atoms with Crippen LogP contribution in [0.25, 0.3) is 0 Å². The Hall–Kier alpha value is -1.97. The first-order valence-electron chi connectivity index (χ1n) is 9.64. The highest BCUT2D eigenvalue weighted by molar-refractivity contribution is 7.89. The van der Waals surface area contributed by atoms with Gasteiger partial charge >= 0.3 is 5.97 Å².